The fourth-order valence-electron chi connectivity index (χ4n) is 1.69. The van der Waals surface area contributed by atoms with Crippen LogP contribution in [0.1, 0.15) is 12.5 Å². The molecule has 1 rings (SSSR count). The van der Waals surface area contributed by atoms with Gasteiger partial charge in [0, 0.05) is 13.6 Å². The van der Waals surface area contributed by atoms with Gasteiger partial charge in [0.1, 0.15) is 0 Å². The second kappa shape index (κ2) is 6.77. The van der Waals surface area contributed by atoms with E-state index in [1.807, 2.05) is 19.1 Å². The predicted octanol–water partition coefficient (Wildman–Crippen LogP) is 3.15. The van der Waals surface area contributed by atoms with Crippen LogP contribution in [-0.4, -0.2) is 26.6 Å². The van der Waals surface area contributed by atoms with Crippen molar-refractivity contribution in [2.75, 3.05) is 25.0 Å². The van der Waals surface area contributed by atoms with Crippen LogP contribution in [0.25, 0.3) is 0 Å². The van der Waals surface area contributed by atoms with Crippen LogP contribution in [0, 0.1) is 0 Å². The quantitative estimate of drug-likeness (QED) is 0.847. The molecule has 0 bridgehead atoms. The number of para-hydroxylation sites is 1. The van der Waals surface area contributed by atoms with Gasteiger partial charge in [-0.05, 0) is 18.2 Å². The summed E-state index contributed by atoms with van der Waals surface area (Å²) in [6.07, 6.45) is -2.37. The third-order valence-electron chi connectivity index (χ3n) is 2.43. The predicted molar refractivity (Wildman–Crippen MR) is 68.1 cm³/mol. The molecule has 0 fully saturated rings. The van der Waals surface area contributed by atoms with Gasteiger partial charge in [0.2, 0.25) is 0 Å². The monoisotopic (exact) mass is 262 g/mol. The minimum absolute atomic E-state index is 0.317. The second-order valence-corrected chi connectivity index (χ2v) is 4.21. The summed E-state index contributed by atoms with van der Waals surface area (Å²) in [5.41, 5.74) is 1.61. The van der Waals surface area contributed by atoms with Crippen LogP contribution >= 0.6 is 11.6 Å². The van der Waals surface area contributed by atoms with Crippen molar-refractivity contribution >= 4 is 17.3 Å². The lowest BCUT2D eigenvalue weighted by Gasteiger charge is -2.23. The van der Waals surface area contributed by atoms with Gasteiger partial charge < -0.3 is 10.2 Å². The summed E-state index contributed by atoms with van der Waals surface area (Å²) >= 11 is 6.07. The number of hydrogen-bond acceptors (Lipinski definition) is 2. The first-order valence-corrected chi connectivity index (χ1v) is 5.91. The number of nitrogens with one attached hydrogen (secondary N) is 1. The maximum Gasteiger partial charge on any atom is 0.255 e. The van der Waals surface area contributed by atoms with Gasteiger partial charge in [-0.15, -0.1) is 0 Å². The van der Waals surface area contributed by atoms with Gasteiger partial charge in [-0.1, -0.05) is 30.7 Å². The lowest BCUT2D eigenvalue weighted by molar-refractivity contribution is 0.156. The Bertz CT molecular complexity index is 358. The first-order chi connectivity index (χ1) is 8.06. The van der Waals surface area contributed by atoms with Gasteiger partial charge in [-0.3, -0.25) is 0 Å². The molecule has 0 aliphatic heterocycles. The largest absolute Gasteiger partial charge is 0.367 e. The molecule has 0 saturated heterocycles. The maximum absolute atomic E-state index is 12.4. The molecule has 96 valence electrons. The molecule has 1 aromatic rings. The molecule has 2 nitrogen and oxygen atoms in total. The standard InChI is InChI=1S/C12H17ClF2N2/c1-3-16-7-9-5-4-6-10(13)12(9)17(2)8-11(14)15/h4-6,11,16H,3,7-8H2,1-2H3. The van der Waals surface area contributed by atoms with Crippen molar-refractivity contribution in [3.05, 3.63) is 28.8 Å². The number of nitrogens with zero attached hydrogens (tertiary/aromatic N) is 1. The Labute approximate surface area is 106 Å². The van der Waals surface area contributed by atoms with Crippen LogP contribution in [0.15, 0.2) is 18.2 Å². The lowest BCUT2D eigenvalue weighted by Crippen LogP contribution is -2.26. The van der Waals surface area contributed by atoms with E-state index < -0.39 is 6.43 Å². The summed E-state index contributed by atoms with van der Waals surface area (Å²) in [6.45, 7) is 3.13. The van der Waals surface area contributed by atoms with Crippen molar-refractivity contribution in [2.24, 2.45) is 0 Å². The van der Waals surface area contributed by atoms with E-state index in [2.05, 4.69) is 5.32 Å². The molecule has 0 heterocycles. The molecule has 0 aromatic heterocycles. The molecule has 0 atom stereocenters. The van der Waals surface area contributed by atoms with Crippen LogP contribution in [0.3, 0.4) is 0 Å². The number of rotatable bonds is 6. The molecule has 0 saturated carbocycles. The zero-order valence-corrected chi connectivity index (χ0v) is 10.8. The van der Waals surface area contributed by atoms with Gasteiger partial charge in [-0.2, -0.15) is 0 Å². The summed E-state index contributed by atoms with van der Waals surface area (Å²) in [5, 5.41) is 3.67. The van der Waals surface area contributed by atoms with Crippen LogP contribution in [0.5, 0.6) is 0 Å². The average Bonchev–Trinajstić information content (AvgIpc) is 2.25. The molecular weight excluding hydrogens is 246 g/mol. The zero-order chi connectivity index (χ0) is 12.8. The van der Waals surface area contributed by atoms with E-state index in [9.17, 15) is 8.78 Å². The molecule has 0 aliphatic rings. The van der Waals surface area contributed by atoms with Crippen molar-refractivity contribution < 1.29 is 8.78 Å². The van der Waals surface area contributed by atoms with Gasteiger partial charge in [0.15, 0.2) is 0 Å². The summed E-state index contributed by atoms with van der Waals surface area (Å²) in [6, 6.07) is 5.44. The second-order valence-electron chi connectivity index (χ2n) is 3.80. The first kappa shape index (κ1) is 14.2. The third-order valence-corrected chi connectivity index (χ3v) is 2.73. The molecule has 0 amide bonds. The van der Waals surface area contributed by atoms with E-state index in [1.54, 1.807) is 13.1 Å². The molecular formula is C12H17ClF2N2. The highest BCUT2D eigenvalue weighted by Gasteiger charge is 2.14. The molecule has 0 radical (unpaired) electrons. The fraction of sp³-hybridized carbons (Fsp3) is 0.500. The van der Waals surface area contributed by atoms with Crippen molar-refractivity contribution in [3.8, 4) is 0 Å². The number of alkyl halides is 2. The number of benzene rings is 1. The molecule has 1 aromatic carbocycles. The van der Waals surface area contributed by atoms with Crippen LogP contribution < -0.4 is 10.2 Å². The fourth-order valence-corrected chi connectivity index (χ4v) is 2.03. The van der Waals surface area contributed by atoms with E-state index in [-0.39, 0.29) is 6.54 Å². The Morgan fingerprint density at radius 1 is 1.41 bits per heavy atom. The van der Waals surface area contributed by atoms with E-state index in [0.29, 0.717) is 17.3 Å². The SMILES string of the molecule is CCNCc1cccc(Cl)c1N(C)CC(F)F. The third kappa shape index (κ3) is 4.13. The van der Waals surface area contributed by atoms with E-state index in [1.165, 1.54) is 4.90 Å². The van der Waals surface area contributed by atoms with E-state index >= 15 is 0 Å². The summed E-state index contributed by atoms with van der Waals surface area (Å²) in [7, 11) is 1.63. The zero-order valence-electron chi connectivity index (χ0n) is 10.0. The summed E-state index contributed by atoms with van der Waals surface area (Å²) in [5.74, 6) is 0. The van der Waals surface area contributed by atoms with Crippen molar-refractivity contribution in [1.82, 2.24) is 5.32 Å². The Balaban J connectivity index is 2.93. The minimum Gasteiger partial charge on any atom is -0.367 e. The Morgan fingerprint density at radius 2 is 2.12 bits per heavy atom. The minimum atomic E-state index is -2.37. The van der Waals surface area contributed by atoms with E-state index in [0.717, 1.165) is 12.1 Å². The smallest absolute Gasteiger partial charge is 0.255 e. The normalized spacial score (nSPS) is 10.9. The van der Waals surface area contributed by atoms with Crippen LogP contribution in [0.4, 0.5) is 14.5 Å². The number of halogens is 3. The molecule has 5 heteroatoms. The highest BCUT2D eigenvalue weighted by molar-refractivity contribution is 6.33. The van der Waals surface area contributed by atoms with Gasteiger partial charge >= 0.3 is 0 Å². The highest BCUT2D eigenvalue weighted by atomic mass is 35.5. The van der Waals surface area contributed by atoms with Crippen molar-refractivity contribution in [2.45, 2.75) is 19.9 Å². The maximum atomic E-state index is 12.4. The first-order valence-electron chi connectivity index (χ1n) is 5.53. The van der Waals surface area contributed by atoms with Gasteiger partial charge in [0.05, 0.1) is 17.3 Å². The Hall–Kier alpha value is -0.870. The average molecular weight is 263 g/mol. The lowest BCUT2D eigenvalue weighted by atomic mass is 10.1. The molecule has 1 N–H and O–H groups in total. The number of anilines is 1. The molecule has 0 spiro atoms. The van der Waals surface area contributed by atoms with Crippen LogP contribution in [0.2, 0.25) is 5.02 Å². The Kier molecular flexibility index (Phi) is 5.65. The van der Waals surface area contributed by atoms with Crippen LogP contribution in [-0.2, 0) is 6.54 Å². The molecule has 0 aliphatic carbocycles. The Morgan fingerprint density at radius 3 is 2.71 bits per heavy atom. The summed E-state index contributed by atoms with van der Waals surface area (Å²) < 4.78 is 24.8. The van der Waals surface area contributed by atoms with Gasteiger partial charge in [-0.25, -0.2) is 8.78 Å². The van der Waals surface area contributed by atoms with Gasteiger partial charge in [0.25, 0.3) is 6.43 Å². The molecule has 17 heavy (non-hydrogen) atoms. The topological polar surface area (TPSA) is 15.3 Å². The number of hydrogen-bond donors (Lipinski definition) is 1. The molecule has 0 unspecified atom stereocenters. The van der Waals surface area contributed by atoms with E-state index in [4.69, 9.17) is 11.6 Å². The van der Waals surface area contributed by atoms with Crippen molar-refractivity contribution in [3.63, 3.8) is 0 Å². The highest BCUT2D eigenvalue weighted by Crippen LogP contribution is 2.29. The van der Waals surface area contributed by atoms with Crippen molar-refractivity contribution in [1.29, 1.82) is 0 Å². The summed E-state index contributed by atoms with van der Waals surface area (Å²) in [4.78, 5) is 1.50.